The maximum atomic E-state index is 13.4. The molecule has 0 aliphatic rings. The first-order valence-corrected chi connectivity index (χ1v) is 8.63. The Morgan fingerprint density at radius 1 is 1.35 bits per heavy atom. The van der Waals surface area contributed by atoms with Crippen molar-refractivity contribution in [3.63, 3.8) is 0 Å². The van der Waals surface area contributed by atoms with Gasteiger partial charge in [0.15, 0.2) is 5.65 Å². The molecular weight excluding hydrogens is 369 g/mol. The number of ether oxygens (including phenoxy) is 1. The van der Waals surface area contributed by atoms with Crippen molar-refractivity contribution in [2.75, 3.05) is 7.11 Å². The van der Waals surface area contributed by atoms with E-state index in [1.54, 1.807) is 12.5 Å². The van der Waals surface area contributed by atoms with Gasteiger partial charge in [0, 0.05) is 25.2 Å². The van der Waals surface area contributed by atoms with Gasteiger partial charge in [-0.25, -0.2) is 14.6 Å². The SMILES string of the molecule is COC(C)c1nc(Cn2c(=O)c3c(C(F)(F)F)cc(C)nc3n2C)cs1. The fourth-order valence-electron chi connectivity index (χ4n) is 2.72. The van der Waals surface area contributed by atoms with E-state index in [1.807, 2.05) is 6.92 Å². The van der Waals surface area contributed by atoms with Crippen molar-refractivity contribution in [2.24, 2.45) is 7.05 Å². The third-order valence-electron chi connectivity index (χ3n) is 4.13. The molecule has 140 valence electrons. The molecule has 3 aromatic heterocycles. The van der Waals surface area contributed by atoms with Crippen molar-refractivity contribution >= 4 is 22.4 Å². The normalized spacial score (nSPS) is 13.5. The maximum Gasteiger partial charge on any atom is 0.417 e. The Kier molecular flexibility index (Phi) is 4.65. The van der Waals surface area contributed by atoms with Crippen molar-refractivity contribution in [3.05, 3.63) is 43.8 Å². The van der Waals surface area contributed by atoms with Crippen LogP contribution in [0.1, 0.15) is 35.0 Å². The molecule has 3 aromatic rings. The van der Waals surface area contributed by atoms with Gasteiger partial charge in [-0.05, 0) is 19.9 Å². The molecule has 6 nitrogen and oxygen atoms in total. The lowest BCUT2D eigenvalue weighted by Gasteiger charge is -2.08. The molecule has 1 unspecified atom stereocenters. The Morgan fingerprint density at radius 2 is 2.04 bits per heavy atom. The van der Waals surface area contributed by atoms with Gasteiger partial charge in [0.2, 0.25) is 0 Å². The van der Waals surface area contributed by atoms with Crippen LogP contribution in [0.15, 0.2) is 16.2 Å². The Bertz CT molecular complexity index is 1020. The minimum absolute atomic E-state index is 0.00281. The van der Waals surface area contributed by atoms with Gasteiger partial charge in [-0.1, -0.05) is 0 Å². The molecule has 0 aromatic carbocycles. The van der Waals surface area contributed by atoms with Gasteiger partial charge in [-0.2, -0.15) is 13.2 Å². The average molecular weight is 386 g/mol. The number of nitrogens with zero attached hydrogens (tertiary/aromatic N) is 4. The molecule has 10 heteroatoms. The molecule has 0 aliphatic heterocycles. The molecule has 26 heavy (non-hydrogen) atoms. The molecule has 0 radical (unpaired) electrons. The van der Waals surface area contributed by atoms with E-state index < -0.39 is 22.7 Å². The summed E-state index contributed by atoms with van der Waals surface area (Å²) in [5.74, 6) is 0. The number of rotatable bonds is 4. The fraction of sp³-hybridized carbons (Fsp3) is 0.438. The number of pyridine rings is 1. The highest BCUT2D eigenvalue weighted by molar-refractivity contribution is 7.09. The maximum absolute atomic E-state index is 13.4. The predicted octanol–water partition coefficient (Wildman–Crippen LogP) is 3.27. The molecule has 1 atom stereocenters. The summed E-state index contributed by atoms with van der Waals surface area (Å²) in [6.45, 7) is 3.36. The summed E-state index contributed by atoms with van der Waals surface area (Å²) < 4.78 is 47.9. The summed E-state index contributed by atoms with van der Waals surface area (Å²) >= 11 is 1.37. The van der Waals surface area contributed by atoms with Crippen LogP contribution in [-0.2, 0) is 24.5 Å². The van der Waals surface area contributed by atoms with E-state index >= 15 is 0 Å². The van der Waals surface area contributed by atoms with E-state index in [0.29, 0.717) is 5.69 Å². The van der Waals surface area contributed by atoms with Crippen LogP contribution in [0.25, 0.3) is 11.0 Å². The zero-order chi connectivity index (χ0) is 19.2. The molecule has 0 spiro atoms. The van der Waals surface area contributed by atoms with E-state index in [4.69, 9.17) is 4.74 Å². The number of thiazole rings is 1. The van der Waals surface area contributed by atoms with Crippen LogP contribution in [-0.4, -0.2) is 26.4 Å². The Balaban J connectivity index is 2.13. The van der Waals surface area contributed by atoms with Crippen LogP contribution in [0.3, 0.4) is 0 Å². The first-order valence-electron chi connectivity index (χ1n) is 7.75. The zero-order valence-corrected chi connectivity index (χ0v) is 15.4. The number of hydrogen-bond acceptors (Lipinski definition) is 5. The van der Waals surface area contributed by atoms with Gasteiger partial charge in [-0.3, -0.25) is 9.48 Å². The van der Waals surface area contributed by atoms with Crippen molar-refractivity contribution in [2.45, 2.75) is 32.7 Å². The zero-order valence-electron chi connectivity index (χ0n) is 14.6. The number of fused-ring (bicyclic) bond motifs is 1. The largest absolute Gasteiger partial charge is 0.417 e. The Morgan fingerprint density at radius 3 is 2.65 bits per heavy atom. The van der Waals surface area contributed by atoms with Crippen LogP contribution in [0, 0.1) is 6.92 Å². The summed E-state index contributed by atoms with van der Waals surface area (Å²) in [5, 5.41) is 2.07. The number of aromatic nitrogens is 4. The van der Waals surface area contributed by atoms with E-state index in [0.717, 1.165) is 11.1 Å². The molecule has 0 bridgehead atoms. The second kappa shape index (κ2) is 6.51. The third kappa shape index (κ3) is 3.14. The monoisotopic (exact) mass is 386 g/mol. The predicted molar refractivity (Wildman–Crippen MR) is 91.4 cm³/mol. The van der Waals surface area contributed by atoms with Gasteiger partial charge in [0.05, 0.1) is 23.2 Å². The highest BCUT2D eigenvalue weighted by Crippen LogP contribution is 2.33. The van der Waals surface area contributed by atoms with Gasteiger partial charge >= 0.3 is 6.18 Å². The molecule has 0 amide bonds. The lowest BCUT2D eigenvalue weighted by Crippen LogP contribution is -2.23. The third-order valence-corrected chi connectivity index (χ3v) is 5.19. The Hall–Kier alpha value is -2.20. The second-order valence-corrected chi connectivity index (χ2v) is 6.84. The van der Waals surface area contributed by atoms with Crippen LogP contribution >= 0.6 is 11.3 Å². The smallest absolute Gasteiger partial charge is 0.375 e. The minimum atomic E-state index is -4.63. The van der Waals surface area contributed by atoms with Crippen molar-refractivity contribution in [3.8, 4) is 0 Å². The molecule has 3 rings (SSSR count). The first-order chi connectivity index (χ1) is 12.1. The second-order valence-electron chi connectivity index (χ2n) is 5.95. The lowest BCUT2D eigenvalue weighted by molar-refractivity contribution is -0.136. The minimum Gasteiger partial charge on any atom is -0.375 e. The average Bonchev–Trinajstić information content (AvgIpc) is 3.12. The molecule has 0 saturated heterocycles. The fourth-order valence-corrected chi connectivity index (χ4v) is 3.56. The molecule has 0 N–H and O–H groups in total. The van der Waals surface area contributed by atoms with Crippen LogP contribution in [0.4, 0.5) is 13.2 Å². The van der Waals surface area contributed by atoms with Crippen LogP contribution < -0.4 is 5.56 Å². The highest BCUT2D eigenvalue weighted by Gasteiger charge is 2.36. The van der Waals surface area contributed by atoms with E-state index in [2.05, 4.69) is 9.97 Å². The first kappa shape index (κ1) is 18.6. The number of aryl methyl sites for hydroxylation is 2. The molecule has 3 heterocycles. The van der Waals surface area contributed by atoms with Crippen molar-refractivity contribution < 1.29 is 17.9 Å². The van der Waals surface area contributed by atoms with Gasteiger partial charge in [-0.15, -0.1) is 11.3 Å². The van der Waals surface area contributed by atoms with E-state index in [1.165, 1.54) is 34.7 Å². The lowest BCUT2D eigenvalue weighted by atomic mass is 10.1. The quantitative estimate of drug-likeness (QED) is 0.690. The topological polar surface area (TPSA) is 61.9 Å². The summed E-state index contributed by atoms with van der Waals surface area (Å²) in [6.07, 6.45) is -4.83. The van der Waals surface area contributed by atoms with Crippen LogP contribution in [0.5, 0.6) is 0 Å². The summed E-state index contributed by atoms with van der Waals surface area (Å²) in [4.78, 5) is 21.2. The molecule has 0 aliphatic carbocycles. The number of halogens is 3. The molecule has 0 fully saturated rings. The highest BCUT2D eigenvalue weighted by atomic mass is 32.1. The Labute approximate surface area is 150 Å². The van der Waals surface area contributed by atoms with Crippen molar-refractivity contribution in [1.29, 1.82) is 0 Å². The molecule has 0 saturated carbocycles. The summed E-state index contributed by atoms with van der Waals surface area (Å²) in [7, 11) is 3.08. The standard InChI is InChI=1S/C16H17F3N4O2S/c1-8-5-11(16(17,18)19)12-13(20-8)22(3)23(15(12)24)6-10-7-26-14(21-10)9(2)25-4/h5,7,9H,6H2,1-4H3. The number of methoxy groups -OCH3 is 1. The summed E-state index contributed by atoms with van der Waals surface area (Å²) in [6, 6.07) is 0.898. The van der Waals surface area contributed by atoms with Crippen LogP contribution in [0.2, 0.25) is 0 Å². The van der Waals surface area contributed by atoms with E-state index in [9.17, 15) is 18.0 Å². The molecular formula is C16H17F3N4O2S. The van der Waals surface area contributed by atoms with Gasteiger partial charge < -0.3 is 4.74 Å². The number of alkyl halides is 3. The number of hydrogen-bond donors (Lipinski definition) is 0. The van der Waals surface area contributed by atoms with Gasteiger partial charge in [0.1, 0.15) is 11.1 Å². The summed E-state index contributed by atoms with van der Waals surface area (Å²) in [5.41, 5.74) is -0.930. The van der Waals surface area contributed by atoms with Crippen molar-refractivity contribution in [1.82, 2.24) is 19.3 Å². The van der Waals surface area contributed by atoms with Gasteiger partial charge in [0.25, 0.3) is 5.56 Å². The van der Waals surface area contributed by atoms with E-state index in [-0.39, 0.29) is 24.0 Å².